The lowest BCUT2D eigenvalue weighted by Gasteiger charge is -2.34. The molecule has 2 heterocycles. The highest BCUT2D eigenvalue weighted by molar-refractivity contribution is 5.94. The lowest BCUT2D eigenvalue weighted by atomic mass is 9.95. The fraction of sp³-hybridized carbons (Fsp3) is 0.516. The van der Waals surface area contributed by atoms with E-state index >= 15 is 0 Å². The molecular formula is C31H44N4O5. The van der Waals surface area contributed by atoms with Gasteiger partial charge in [0, 0.05) is 6.54 Å². The van der Waals surface area contributed by atoms with Crippen molar-refractivity contribution in [3.63, 3.8) is 0 Å². The van der Waals surface area contributed by atoms with Crippen molar-refractivity contribution in [2.24, 2.45) is 11.8 Å². The van der Waals surface area contributed by atoms with Gasteiger partial charge in [-0.25, -0.2) is 0 Å². The van der Waals surface area contributed by atoms with Gasteiger partial charge in [0.2, 0.25) is 17.7 Å². The van der Waals surface area contributed by atoms with Crippen LogP contribution in [0, 0.1) is 11.8 Å². The number of ether oxygens (including phenoxy) is 1. The number of hydrogen-bond acceptors (Lipinski definition) is 6. The summed E-state index contributed by atoms with van der Waals surface area (Å²) in [7, 11) is 3.64. The van der Waals surface area contributed by atoms with Crippen molar-refractivity contribution in [2.75, 3.05) is 20.6 Å². The fourth-order valence-electron chi connectivity index (χ4n) is 4.75. The smallest absolute Gasteiger partial charge is 0.247 e. The third-order valence-electron chi connectivity index (χ3n) is 7.28. The number of carbonyl (C=O) groups is 3. The Labute approximate surface area is 237 Å². The topological polar surface area (TPSA) is 120 Å². The van der Waals surface area contributed by atoms with Gasteiger partial charge in [-0.15, -0.1) is 0 Å². The van der Waals surface area contributed by atoms with E-state index in [9.17, 15) is 19.5 Å². The predicted molar refractivity (Wildman–Crippen MR) is 155 cm³/mol. The molecule has 0 fully saturated rings. The van der Waals surface area contributed by atoms with Gasteiger partial charge in [0.1, 0.15) is 23.9 Å². The number of amides is 3. The number of aliphatic hydroxyl groups is 1. The van der Waals surface area contributed by atoms with Crippen LogP contribution in [0.3, 0.4) is 0 Å². The monoisotopic (exact) mass is 552 g/mol. The van der Waals surface area contributed by atoms with Crippen molar-refractivity contribution in [1.82, 2.24) is 20.9 Å². The summed E-state index contributed by atoms with van der Waals surface area (Å²) in [6.45, 7) is 7.72. The van der Waals surface area contributed by atoms with E-state index in [1.807, 2.05) is 87.4 Å². The van der Waals surface area contributed by atoms with Gasteiger partial charge in [0.15, 0.2) is 0 Å². The quantitative estimate of drug-likeness (QED) is 0.397. The van der Waals surface area contributed by atoms with Gasteiger partial charge in [-0.05, 0) is 62.0 Å². The molecular weight excluding hydrogens is 508 g/mol. The summed E-state index contributed by atoms with van der Waals surface area (Å²) in [6.07, 6.45) is -0.848. The van der Waals surface area contributed by atoms with Crippen LogP contribution in [0.1, 0.15) is 38.8 Å². The maximum Gasteiger partial charge on any atom is 0.247 e. The average Bonchev–Trinajstić information content (AvgIpc) is 2.92. The first-order chi connectivity index (χ1) is 19.0. The van der Waals surface area contributed by atoms with Crippen LogP contribution < -0.4 is 20.7 Å². The molecule has 0 aliphatic carbocycles. The Hall–Kier alpha value is -3.43. The van der Waals surface area contributed by atoms with E-state index in [1.165, 1.54) is 0 Å². The van der Waals surface area contributed by atoms with Crippen molar-refractivity contribution >= 4 is 17.7 Å². The normalized spacial score (nSPS) is 21.8. The summed E-state index contributed by atoms with van der Waals surface area (Å²) in [5.74, 6) is -1.33. The molecule has 0 radical (unpaired) electrons. The number of fused-ring (bicyclic) bond motifs is 11. The number of benzene rings is 2. The lowest BCUT2D eigenvalue weighted by molar-refractivity contribution is -0.138. The number of likely N-dealkylation sites (N-methyl/N-ethyl adjacent to an activating group) is 1. The molecule has 0 saturated carbocycles. The predicted octanol–water partition coefficient (Wildman–Crippen LogP) is 1.92. The molecule has 0 saturated heterocycles. The minimum absolute atomic E-state index is 0.183. The van der Waals surface area contributed by atoms with Crippen LogP contribution in [-0.4, -0.2) is 78.7 Å². The number of carbonyl (C=O) groups excluding carboxylic acids is 3. The molecule has 5 atom stereocenters. The van der Waals surface area contributed by atoms with Crippen molar-refractivity contribution in [3.05, 3.63) is 65.7 Å². The summed E-state index contributed by atoms with van der Waals surface area (Å²) >= 11 is 0. The molecule has 9 nitrogen and oxygen atoms in total. The maximum absolute atomic E-state index is 13.9. The first-order valence-corrected chi connectivity index (χ1v) is 14.0. The molecule has 4 rings (SSSR count). The largest absolute Gasteiger partial charge is 0.487 e. The van der Waals surface area contributed by atoms with Crippen molar-refractivity contribution in [1.29, 1.82) is 0 Å². The Morgan fingerprint density at radius 2 is 1.68 bits per heavy atom. The van der Waals surface area contributed by atoms with Crippen molar-refractivity contribution in [2.45, 2.75) is 70.9 Å². The van der Waals surface area contributed by atoms with E-state index < -0.39 is 42.1 Å². The third-order valence-corrected chi connectivity index (χ3v) is 7.28. The van der Waals surface area contributed by atoms with E-state index in [0.717, 1.165) is 11.1 Å². The van der Waals surface area contributed by atoms with Crippen LogP contribution in [0.4, 0.5) is 0 Å². The Balaban J connectivity index is 2.00. The molecule has 0 aromatic heterocycles. The van der Waals surface area contributed by atoms with Crippen molar-refractivity contribution in [3.8, 4) is 5.75 Å². The Bertz CT molecular complexity index is 1120. The van der Waals surface area contributed by atoms with Crippen molar-refractivity contribution < 1.29 is 24.2 Å². The maximum atomic E-state index is 13.9. The molecule has 2 bridgehead atoms. The van der Waals surface area contributed by atoms with E-state index in [2.05, 4.69) is 16.0 Å². The molecule has 9 heteroatoms. The van der Waals surface area contributed by atoms with Gasteiger partial charge in [0.05, 0.1) is 12.1 Å². The summed E-state index contributed by atoms with van der Waals surface area (Å²) in [5, 5.41) is 19.4. The minimum Gasteiger partial charge on any atom is -0.487 e. The van der Waals surface area contributed by atoms with Crippen LogP contribution >= 0.6 is 0 Å². The number of nitrogens with zero attached hydrogens (tertiary/aromatic N) is 1. The second-order valence-corrected chi connectivity index (χ2v) is 11.4. The van der Waals surface area contributed by atoms with Gasteiger partial charge >= 0.3 is 0 Å². The highest BCUT2D eigenvalue weighted by atomic mass is 16.5. The number of rotatable bonds is 8. The summed E-state index contributed by atoms with van der Waals surface area (Å²) in [5.41, 5.74) is 2.00. The molecule has 0 unspecified atom stereocenters. The Morgan fingerprint density at radius 3 is 2.25 bits per heavy atom. The van der Waals surface area contributed by atoms with Gasteiger partial charge in [-0.1, -0.05) is 70.2 Å². The average molecular weight is 553 g/mol. The highest BCUT2D eigenvalue weighted by Crippen LogP contribution is 2.21. The number of hydrogen-bond donors (Lipinski definition) is 4. The van der Waals surface area contributed by atoms with Gasteiger partial charge < -0.3 is 25.8 Å². The summed E-state index contributed by atoms with van der Waals surface area (Å²) in [6, 6.07) is 14.3. The van der Waals surface area contributed by atoms with Crippen LogP contribution in [0.15, 0.2) is 54.6 Å². The summed E-state index contributed by atoms with van der Waals surface area (Å²) < 4.78 is 6.33. The van der Waals surface area contributed by atoms with Crippen LogP contribution in [0.2, 0.25) is 0 Å². The third kappa shape index (κ3) is 8.29. The van der Waals surface area contributed by atoms with E-state index in [1.54, 1.807) is 13.8 Å². The number of nitrogens with one attached hydrogen (secondary N) is 3. The SMILES string of the molecule is CC(C)[C@H](O)[C@H]1NC(=O)[C@H](NC(=O)[C@@H](Cc2ccccc2)N(C)C)[C@H](C(C)C)Oc2ccc(cc2)CCNC1=O. The highest BCUT2D eigenvalue weighted by Gasteiger charge is 2.39. The van der Waals surface area contributed by atoms with E-state index in [-0.39, 0.29) is 17.7 Å². The van der Waals surface area contributed by atoms with Gasteiger partial charge in [0.25, 0.3) is 0 Å². The van der Waals surface area contributed by atoms with Crippen LogP contribution in [0.5, 0.6) is 5.75 Å². The van der Waals surface area contributed by atoms with Gasteiger partial charge in [-0.2, -0.15) is 0 Å². The fourth-order valence-corrected chi connectivity index (χ4v) is 4.75. The zero-order valence-corrected chi connectivity index (χ0v) is 24.4. The van der Waals surface area contributed by atoms with Crippen LogP contribution in [0.25, 0.3) is 0 Å². The standard InChI is InChI=1S/C31H44N4O5/c1-19(2)27(36)25-30(38)32-17-16-21-12-14-23(15-13-21)40-28(20(3)4)26(31(39)33-25)34-29(37)24(35(5)6)18-22-10-8-7-9-11-22/h7-15,19-20,24-28,36H,16-18H2,1-6H3,(H,32,38)(H,33,39)(H,34,37)/t24-,25-,26-,27+,28+/m1/s1. The minimum atomic E-state index is -1.20. The Kier molecular flexibility index (Phi) is 11.1. The van der Waals surface area contributed by atoms with E-state index in [4.69, 9.17) is 4.74 Å². The lowest BCUT2D eigenvalue weighted by Crippen LogP contribution is -2.64. The molecule has 2 aromatic rings. The second kappa shape index (κ2) is 14.3. The van der Waals surface area contributed by atoms with Gasteiger partial charge in [-0.3, -0.25) is 19.3 Å². The molecule has 2 aromatic carbocycles. The first-order valence-electron chi connectivity index (χ1n) is 14.0. The van der Waals surface area contributed by atoms with E-state index in [0.29, 0.717) is 25.1 Å². The summed E-state index contributed by atoms with van der Waals surface area (Å²) in [4.78, 5) is 42.6. The number of aliphatic hydroxyl groups excluding tert-OH is 1. The zero-order valence-electron chi connectivity index (χ0n) is 24.4. The Morgan fingerprint density at radius 1 is 1.02 bits per heavy atom. The molecule has 3 amide bonds. The second-order valence-electron chi connectivity index (χ2n) is 11.4. The molecule has 2 aliphatic heterocycles. The zero-order chi connectivity index (χ0) is 29.4. The molecule has 2 aliphatic rings. The molecule has 0 spiro atoms. The molecule has 218 valence electrons. The first kappa shape index (κ1) is 31.1. The van der Waals surface area contributed by atoms with Crippen LogP contribution in [-0.2, 0) is 27.2 Å². The molecule has 40 heavy (non-hydrogen) atoms. The molecule has 4 N–H and O–H groups in total.